The fraction of sp³-hybridized carbons (Fsp3) is 0.154. The van der Waals surface area contributed by atoms with E-state index in [2.05, 4.69) is 10.6 Å². The molecular formula is C13H14FN3OS. The summed E-state index contributed by atoms with van der Waals surface area (Å²) in [6, 6.07) is 6.32. The minimum atomic E-state index is -0.462. The third-order valence-electron chi connectivity index (χ3n) is 2.51. The summed E-state index contributed by atoms with van der Waals surface area (Å²) >= 11 is 1.56. The van der Waals surface area contributed by atoms with E-state index in [1.54, 1.807) is 23.5 Å². The summed E-state index contributed by atoms with van der Waals surface area (Å²) in [5.74, 6) is -0.769. The normalized spacial score (nSPS) is 10.2. The number of hydrogen-bond acceptors (Lipinski definition) is 4. The van der Waals surface area contributed by atoms with Gasteiger partial charge in [-0.05, 0) is 29.6 Å². The van der Waals surface area contributed by atoms with E-state index in [0.717, 1.165) is 16.3 Å². The third-order valence-corrected chi connectivity index (χ3v) is 3.45. The number of benzene rings is 1. The van der Waals surface area contributed by atoms with Crippen LogP contribution in [-0.2, 0) is 11.3 Å². The Labute approximate surface area is 114 Å². The van der Waals surface area contributed by atoms with E-state index in [1.165, 1.54) is 13.0 Å². The van der Waals surface area contributed by atoms with Crippen LogP contribution in [0.15, 0.2) is 29.6 Å². The number of anilines is 3. The van der Waals surface area contributed by atoms with E-state index in [9.17, 15) is 9.18 Å². The number of rotatable bonds is 4. The monoisotopic (exact) mass is 279 g/mol. The van der Waals surface area contributed by atoms with Crippen molar-refractivity contribution in [2.45, 2.75) is 13.5 Å². The highest BCUT2D eigenvalue weighted by molar-refractivity contribution is 7.10. The first-order valence-electron chi connectivity index (χ1n) is 5.69. The van der Waals surface area contributed by atoms with E-state index in [4.69, 9.17) is 5.73 Å². The first-order chi connectivity index (χ1) is 9.06. The van der Waals surface area contributed by atoms with E-state index in [1.807, 2.05) is 11.4 Å². The van der Waals surface area contributed by atoms with E-state index in [0.29, 0.717) is 6.54 Å². The van der Waals surface area contributed by atoms with Gasteiger partial charge in [-0.15, -0.1) is 11.3 Å². The van der Waals surface area contributed by atoms with Gasteiger partial charge in [-0.2, -0.15) is 0 Å². The van der Waals surface area contributed by atoms with Gasteiger partial charge in [-0.25, -0.2) is 4.39 Å². The van der Waals surface area contributed by atoms with Crippen molar-refractivity contribution in [1.29, 1.82) is 0 Å². The molecule has 0 atom stereocenters. The first-order valence-corrected chi connectivity index (χ1v) is 6.57. The van der Waals surface area contributed by atoms with Gasteiger partial charge < -0.3 is 16.4 Å². The summed E-state index contributed by atoms with van der Waals surface area (Å²) in [5.41, 5.74) is 7.40. The topological polar surface area (TPSA) is 67.2 Å². The molecule has 1 aromatic carbocycles. The van der Waals surface area contributed by atoms with Crippen LogP contribution in [0, 0.1) is 5.82 Å². The van der Waals surface area contributed by atoms with Gasteiger partial charge in [-0.3, -0.25) is 4.79 Å². The number of amides is 1. The lowest BCUT2D eigenvalue weighted by atomic mass is 10.2. The molecule has 0 saturated carbocycles. The van der Waals surface area contributed by atoms with Crippen LogP contribution >= 0.6 is 11.3 Å². The van der Waals surface area contributed by atoms with Gasteiger partial charge in [0.25, 0.3) is 0 Å². The Balaban J connectivity index is 2.08. The molecule has 0 fully saturated rings. The van der Waals surface area contributed by atoms with E-state index in [-0.39, 0.29) is 11.6 Å². The predicted octanol–water partition coefficient (Wildman–Crippen LogP) is 3.04. The maximum atomic E-state index is 13.4. The molecule has 0 aliphatic rings. The van der Waals surface area contributed by atoms with Gasteiger partial charge in [-0.1, -0.05) is 0 Å². The second-order valence-electron chi connectivity index (χ2n) is 4.03. The van der Waals surface area contributed by atoms with Crippen LogP contribution in [0.3, 0.4) is 0 Å². The van der Waals surface area contributed by atoms with Crippen LogP contribution in [0.25, 0.3) is 0 Å². The number of nitrogens with one attached hydrogen (secondary N) is 2. The zero-order valence-corrected chi connectivity index (χ0v) is 11.2. The number of nitrogen functional groups attached to an aromatic ring is 1. The molecule has 1 aromatic heterocycles. The Morgan fingerprint density at radius 3 is 2.84 bits per heavy atom. The lowest BCUT2D eigenvalue weighted by Gasteiger charge is -2.09. The minimum Gasteiger partial charge on any atom is -0.398 e. The summed E-state index contributed by atoms with van der Waals surface area (Å²) in [4.78, 5) is 12.0. The van der Waals surface area contributed by atoms with Gasteiger partial charge in [0.15, 0.2) is 0 Å². The van der Waals surface area contributed by atoms with Crippen molar-refractivity contribution < 1.29 is 9.18 Å². The molecule has 100 valence electrons. The third kappa shape index (κ3) is 3.45. The van der Waals surface area contributed by atoms with E-state index >= 15 is 0 Å². The van der Waals surface area contributed by atoms with Crippen molar-refractivity contribution in [2.75, 3.05) is 16.4 Å². The maximum absolute atomic E-state index is 13.4. The van der Waals surface area contributed by atoms with Gasteiger partial charge in [0.1, 0.15) is 5.82 Å². The summed E-state index contributed by atoms with van der Waals surface area (Å²) < 4.78 is 13.4. The molecule has 0 aliphatic heterocycles. The van der Waals surface area contributed by atoms with Crippen LogP contribution in [0.1, 0.15) is 11.8 Å². The van der Waals surface area contributed by atoms with Crippen LogP contribution in [0.4, 0.5) is 21.5 Å². The fourth-order valence-electron chi connectivity index (χ4n) is 1.60. The van der Waals surface area contributed by atoms with Crippen molar-refractivity contribution in [3.63, 3.8) is 0 Å². The highest BCUT2D eigenvalue weighted by atomic mass is 32.1. The second-order valence-corrected chi connectivity index (χ2v) is 5.03. The molecule has 0 saturated heterocycles. The molecule has 19 heavy (non-hydrogen) atoms. The number of thiophene rings is 1. The van der Waals surface area contributed by atoms with Crippen LogP contribution in [0.2, 0.25) is 0 Å². The van der Waals surface area contributed by atoms with Crippen LogP contribution < -0.4 is 16.4 Å². The smallest absolute Gasteiger partial charge is 0.221 e. The van der Waals surface area contributed by atoms with Gasteiger partial charge in [0, 0.05) is 23.2 Å². The lowest BCUT2D eigenvalue weighted by Crippen LogP contribution is -2.08. The zero-order valence-electron chi connectivity index (χ0n) is 10.4. The molecule has 2 rings (SSSR count). The molecular weight excluding hydrogens is 265 g/mol. The standard InChI is InChI=1S/C13H14FN3OS/c1-8(18)17-12-6-9(2-3-10(12)14)16-7-13-11(15)4-5-19-13/h2-6,16H,7,15H2,1H3,(H,17,18). The number of hydrogen-bond donors (Lipinski definition) is 3. The summed E-state index contributed by atoms with van der Waals surface area (Å²) in [7, 11) is 0. The lowest BCUT2D eigenvalue weighted by molar-refractivity contribution is -0.114. The average Bonchev–Trinajstić information content (AvgIpc) is 2.75. The molecule has 0 unspecified atom stereocenters. The number of nitrogens with two attached hydrogens (primary N) is 1. The largest absolute Gasteiger partial charge is 0.398 e. The fourth-order valence-corrected chi connectivity index (χ4v) is 2.34. The van der Waals surface area contributed by atoms with Crippen LogP contribution in [-0.4, -0.2) is 5.91 Å². The summed E-state index contributed by atoms with van der Waals surface area (Å²) in [6.07, 6.45) is 0. The Morgan fingerprint density at radius 1 is 1.42 bits per heavy atom. The Bertz CT molecular complexity index is 597. The predicted molar refractivity (Wildman–Crippen MR) is 76.8 cm³/mol. The first kappa shape index (κ1) is 13.4. The Kier molecular flexibility index (Phi) is 4.01. The molecule has 2 aromatic rings. The van der Waals surface area contributed by atoms with E-state index < -0.39 is 5.82 Å². The molecule has 6 heteroatoms. The Morgan fingerprint density at radius 2 is 2.21 bits per heavy atom. The molecule has 0 spiro atoms. The van der Waals surface area contributed by atoms with Crippen molar-refractivity contribution >= 4 is 34.3 Å². The molecule has 4 nitrogen and oxygen atoms in total. The molecule has 0 aliphatic carbocycles. The zero-order chi connectivity index (χ0) is 13.8. The highest BCUT2D eigenvalue weighted by Crippen LogP contribution is 2.23. The SMILES string of the molecule is CC(=O)Nc1cc(NCc2sccc2N)ccc1F. The Hall–Kier alpha value is -2.08. The van der Waals surface area contributed by atoms with Crippen molar-refractivity contribution in [3.8, 4) is 0 Å². The van der Waals surface area contributed by atoms with Gasteiger partial charge in [0.2, 0.25) is 5.91 Å². The number of carbonyl (C=O) groups is 1. The van der Waals surface area contributed by atoms with Gasteiger partial charge in [0.05, 0.1) is 12.2 Å². The molecule has 1 heterocycles. The van der Waals surface area contributed by atoms with Crippen LogP contribution in [0.5, 0.6) is 0 Å². The second kappa shape index (κ2) is 5.71. The maximum Gasteiger partial charge on any atom is 0.221 e. The molecule has 0 radical (unpaired) electrons. The van der Waals surface area contributed by atoms with Gasteiger partial charge >= 0.3 is 0 Å². The van der Waals surface area contributed by atoms with Crippen molar-refractivity contribution in [3.05, 3.63) is 40.3 Å². The summed E-state index contributed by atoms with van der Waals surface area (Å²) in [6.45, 7) is 1.90. The molecule has 4 N–H and O–H groups in total. The molecule has 0 bridgehead atoms. The quantitative estimate of drug-likeness (QED) is 0.806. The minimum absolute atomic E-state index is 0.164. The molecule has 1 amide bonds. The van der Waals surface area contributed by atoms with Crippen molar-refractivity contribution in [2.24, 2.45) is 0 Å². The van der Waals surface area contributed by atoms with Crippen molar-refractivity contribution in [1.82, 2.24) is 0 Å². The highest BCUT2D eigenvalue weighted by Gasteiger charge is 2.06. The average molecular weight is 279 g/mol. The summed E-state index contributed by atoms with van der Waals surface area (Å²) in [5, 5.41) is 7.50. The number of halogens is 1. The number of carbonyl (C=O) groups excluding carboxylic acids is 1.